The van der Waals surface area contributed by atoms with Gasteiger partial charge in [0, 0.05) is 30.1 Å². The van der Waals surface area contributed by atoms with E-state index >= 15 is 0 Å². The van der Waals surface area contributed by atoms with Gasteiger partial charge < -0.3 is 10.2 Å². The second kappa shape index (κ2) is 7.74. The molecule has 0 atom stereocenters. The Morgan fingerprint density at radius 3 is 2.72 bits per heavy atom. The third-order valence-electron chi connectivity index (χ3n) is 4.48. The summed E-state index contributed by atoms with van der Waals surface area (Å²) < 4.78 is 0. The predicted molar refractivity (Wildman–Crippen MR) is 102 cm³/mol. The summed E-state index contributed by atoms with van der Waals surface area (Å²) in [5.41, 5.74) is 3.81. The predicted octanol–water partition coefficient (Wildman–Crippen LogP) is 3.96. The van der Waals surface area contributed by atoms with Gasteiger partial charge in [0.05, 0.1) is 5.56 Å². The number of fused-ring (bicyclic) bond motifs is 1. The van der Waals surface area contributed by atoms with E-state index in [4.69, 9.17) is 0 Å². The molecule has 0 aliphatic carbocycles. The number of benzene rings is 2. The van der Waals surface area contributed by atoms with Crippen molar-refractivity contribution in [2.75, 3.05) is 18.1 Å². The molecule has 0 fully saturated rings. The number of hydrogen-bond acceptors (Lipinski definition) is 3. The van der Waals surface area contributed by atoms with E-state index in [1.807, 2.05) is 54.5 Å². The van der Waals surface area contributed by atoms with Crippen LogP contribution in [0.25, 0.3) is 0 Å². The van der Waals surface area contributed by atoms with E-state index in [2.05, 4.69) is 11.4 Å². The van der Waals surface area contributed by atoms with Gasteiger partial charge in [0.15, 0.2) is 0 Å². The summed E-state index contributed by atoms with van der Waals surface area (Å²) in [6.45, 7) is 3.28. The summed E-state index contributed by atoms with van der Waals surface area (Å²) in [6, 6.07) is 13.6. The quantitative estimate of drug-likeness (QED) is 0.846. The second-order valence-electron chi connectivity index (χ2n) is 6.06. The largest absolute Gasteiger partial charge is 0.338 e. The minimum absolute atomic E-state index is 0.109. The molecule has 25 heavy (non-hydrogen) atoms. The van der Waals surface area contributed by atoms with E-state index in [0.29, 0.717) is 18.5 Å². The van der Waals surface area contributed by atoms with Gasteiger partial charge >= 0.3 is 0 Å². The Bertz CT molecular complexity index is 804. The van der Waals surface area contributed by atoms with E-state index in [0.717, 1.165) is 29.1 Å². The van der Waals surface area contributed by atoms with E-state index in [1.54, 1.807) is 11.8 Å². The molecule has 1 N–H and O–H groups in total. The first-order valence-corrected chi connectivity index (χ1v) is 9.68. The molecule has 2 aromatic rings. The van der Waals surface area contributed by atoms with Crippen LogP contribution in [0.4, 0.5) is 5.69 Å². The fourth-order valence-corrected chi connectivity index (χ4v) is 3.70. The molecule has 2 aromatic carbocycles. The average molecular weight is 354 g/mol. The lowest BCUT2D eigenvalue weighted by atomic mass is 9.98. The third kappa shape index (κ3) is 3.87. The number of thioether (sulfide) groups is 1. The lowest BCUT2D eigenvalue weighted by molar-refractivity contribution is -0.131. The van der Waals surface area contributed by atoms with E-state index in [1.165, 1.54) is 5.56 Å². The molecule has 0 spiro atoms. The van der Waals surface area contributed by atoms with Gasteiger partial charge in [0.1, 0.15) is 0 Å². The van der Waals surface area contributed by atoms with Crippen molar-refractivity contribution in [1.82, 2.24) is 4.90 Å². The fourth-order valence-electron chi connectivity index (χ4n) is 3.10. The summed E-state index contributed by atoms with van der Waals surface area (Å²) in [6.07, 6.45) is 3.35. The molecule has 1 aliphatic rings. The molecule has 0 unspecified atom stereocenters. The van der Waals surface area contributed by atoms with Gasteiger partial charge in [0.25, 0.3) is 5.91 Å². The Kier molecular flexibility index (Phi) is 5.43. The smallest absolute Gasteiger partial charge is 0.256 e. The molecule has 2 amide bonds. The van der Waals surface area contributed by atoms with Gasteiger partial charge in [-0.05, 0) is 48.1 Å². The lowest BCUT2D eigenvalue weighted by Gasteiger charge is -2.29. The topological polar surface area (TPSA) is 49.4 Å². The van der Waals surface area contributed by atoms with Crippen LogP contribution >= 0.6 is 11.8 Å². The molecular weight excluding hydrogens is 332 g/mol. The number of carbonyl (C=O) groups is 2. The maximum atomic E-state index is 12.6. The Morgan fingerprint density at radius 1 is 1.16 bits per heavy atom. The van der Waals surface area contributed by atoms with Gasteiger partial charge in [-0.1, -0.05) is 25.1 Å². The van der Waals surface area contributed by atoms with Crippen molar-refractivity contribution >= 4 is 29.3 Å². The van der Waals surface area contributed by atoms with Crippen LogP contribution in [0.5, 0.6) is 0 Å². The molecule has 1 heterocycles. The molecule has 130 valence electrons. The molecule has 5 heteroatoms. The number of carbonyl (C=O) groups excluding carboxylic acids is 2. The first kappa shape index (κ1) is 17.5. The summed E-state index contributed by atoms with van der Waals surface area (Å²) in [4.78, 5) is 27.4. The van der Waals surface area contributed by atoms with Crippen molar-refractivity contribution < 1.29 is 9.59 Å². The summed E-state index contributed by atoms with van der Waals surface area (Å²) in [7, 11) is 0. The number of rotatable bonds is 4. The maximum Gasteiger partial charge on any atom is 0.256 e. The Hall–Kier alpha value is -2.27. The highest BCUT2D eigenvalue weighted by Crippen LogP contribution is 2.25. The molecule has 0 aromatic heterocycles. The Morgan fingerprint density at radius 2 is 1.96 bits per heavy atom. The summed E-state index contributed by atoms with van der Waals surface area (Å²) in [5.74, 6) is 0.0659. The van der Waals surface area contributed by atoms with Crippen LogP contribution in [0.2, 0.25) is 0 Å². The molecular formula is C20H22N2O2S. The van der Waals surface area contributed by atoms with E-state index in [9.17, 15) is 9.59 Å². The highest BCUT2D eigenvalue weighted by atomic mass is 32.2. The molecule has 4 nitrogen and oxygen atoms in total. The number of anilines is 1. The maximum absolute atomic E-state index is 12.6. The average Bonchev–Trinajstić information content (AvgIpc) is 2.66. The number of nitrogens with zero attached hydrogens (tertiary/aromatic N) is 1. The van der Waals surface area contributed by atoms with Gasteiger partial charge in [0.2, 0.25) is 5.91 Å². The summed E-state index contributed by atoms with van der Waals surface area (Å²) in [5, 5.41) is 2.99. The van der Waals surface area contributed by atoms with E-state index < -0.39 is 0 Å². The monoisotopic (exact) mass is 354 g/mol. The summed E-state index contributed by atoms with van der Waals surface area (Å²) >= 11 is 1.56. The van der Waals surface area contributed by atoms with Crippen LogP contribution in [0.15, 0.2) is 47.4 Å². The van der Waals surface area contributed by atoms with E-state index in [-0.39, 0.29) is 11.8 Å². The number of hydrogen-bond donors (Lipinski definition) is 1. The zero-order chi connectivity index (χ0) is 17.8. The van der Waals surface area contributed by atoms with Crippen LogP contribution in [0.1, 0.15) is 34.8 Å². The first-order valence-electron chi connectivity index (χ1n) is 8.46. The van der Waals surface area contributed by atoms with Gasteiger partial charge in [-0.2, -0.15) is 0 Å². The SMILES string of the molecule is CCC(=O)N1CCc2ccc(NC(=O)c3ccccc3SC)cc2C1. The molecule has 0 radical (unpaired) electrons. The zero-order valence-corrected chi connectivity index (χ0v) is 15.4. The number of nitrogens with one attached hydrogen (secondary N) is 1. The number of amides is 2. The lowest BCUT2D eigenvalue weighted by Crippen LogP contribution is -2.35. The van der Waals surface area contributed by atoms with Crippen LogP contribution < -0.4 is 5.32 Å². The van der Waals surface area contributed by atoms with Crippen molar-refractivity contribution in [3.05, 3.63) is 59.2 Å². The van der Waals surface area contributed by atoms with Crippen LogP contribution in [0, 0.1) is 0 Å². The third-order valence-corrected chi connectivity index (χ3v) is 5.28. The second-order valence-corrected chi connectivity index (χ2v) is 6.90. The fraction of sp³-hybridized carbons (Fsp3) is 0.300. The molecule has 1 aliphatic heterocycles. The highest BCUT2D eigenvalue weighted by Gasteiger charge is 2.20. The van der Waals surface area contributed by atoms with Crippen molar-refractivity contribution in [1.29, 1.82) is 0 Å². The standard InChI is InChI=1S/C20H22N2O2S/c1-3-19(23)22-11-10-14-8-9-16(12-15(14)13-22)21-20(24)17-6-4-5-7-18(17)25-2/h4-9,12H,3,10-11,13H2,1-2H3,(H,21,24). The van der Waals surface area contributed by atoms with Gasteiger partial charge in [-0.15, -0.1) is 11.8 Å². The van der Waals surface area contributed by atoms with Gasteiger partial charge in [-0.3, -0.25) is 9.59 Å². The van der Waals surface area contributed by atoms with Crippen LogP contribution in [-0.2, 0) is 17.8 Å². The minimum atomic E-state index is -0.109. The molecule has 0 saturated heterocycles. The van der Waals surface area contributed by atoms with Crippen molar-refractivity contribution in [2.45, 2.75) is 31.2 Å². The van der Waals surface area contributed by atoms with Crippen LogP contribution in [0.3, 0.4) is 0 Å². The molecule has 0 bridgehead atoms. The molecule has 0 saturated carbocycles. The van der Waals surface area contributed by atoms with Crippen molar-refractivity contribution in [2.24, 2.45) is 0 Å². The highest BCUT2D eigenvalue weighted by molar-refractivity contribution is 7.98. The Balaban J connectivity index is 1.78. The zero-order valence-electron chi connectivity index (χ0n) is 14.5. The molecule has 3 rings (SSSR count). The van der Waals surface area contributed by atoms with Crippen molar-refractivity contribution in [3.8, 4) is 0 Å². The van der Waals surface area contributed by atoms with Crippen molar-refractivity contribution in [3.63, 3.8) is 0 Å². The Labute approximate surface area is 152 Å². The first-order chi connectivity index (χ1) is 12.1. The minimum Gasteiger partial charge on any atom is -0.338 e. The van der Waals surface area contributed by atoms with Crippen LogP contribution in [-0.4, -0.2) is 29.5 Å². The normalized spacial score (nSPS) is 13.3. The van der Waals surface area contributed by atoms with Gasteiger partial charge in [-0.25, -0.2) is 0 Å².